The van der Waals surface area contributed by atoms with Gasteiger partial charge in [-0.2, -0.15) is 0 Å². The monoisotopic (exact) mass is 255 g/mol. The first-order chi connectivity index (χ1) is 8.51. The molecule has 0 radical (unpaired) electrons. The summed E-state index contributed by atoms with van der Waals surface area (Å²) in [7, 11) is 3.56. The predicted molar refractivity (Wildman–Crippen MR) is 70.8 cm³/mol. The normalized spacial score (nSPS) is 18.6. The van der Waals surface area contributed by atoms with Crippen LogP contribution in [0.2, 0.25) is 0 Å². The van der Waals surface area contributed by atoms with Crippen LogP contribution in [0.25, 0.3) is 0 Å². The van der Waals surface area contributed by atoms with E-state index in [1.165, 1.54) is 0 Å². The van der Waals surface area contributed by atoms with Crippen LogP contribution < -0.4 is 5.73 Å². The Kier molecular flexibility index (Phi) is 5.59. The van der Waals surface area contributed by atoms with E-state index in [4.69, 9.17) is 5.73 Å². The molecule has 18 heavy (non-hydrogen) atoms. The van der Waals surface area contributed by atoms with Gasteiger partial charge in [-0.1, -0.05) is 6.92 Å². The first kappa shape index (κ1) is 15.0. The molecule has 5 nitrogen and oxygen atoms in total. The van der Waals surface area contributed by atoms with E-state index in [-0.39, 0.29) is 23.7 Å². The summed E-state index contributed by atoms with van der Waals surface area (Å²) in [6, 6.07) is 0. The van der Waals surface area contributed by atoms with Crippen LogP contribution in [0.3, 0.4) is 0 Å². The van der Waals surface area contributed by atoms with Gasteiger partial charge in [0.25, 0.3) is 0 Å². The molecule has 0 aliphatic carbocycles. The molecule has 1 rings (SSSR count). The number of nitrogens with two attached hydrogens (primary N) is 1. The fraction of sp³-hybridized carbons (Fsp3) is 0.846. The molecule has 1 fully saturated rings. The molecule has 5 heteroatoms. The highest BCUT2D eigenvalue weighted by atomic mass is 16.2. The second kappa shape index (κ2) is 6.73. The molecule has 1 saturated heterocycles. The number of likely N-dealkylation sites (tertiary alicyclic amines) is 1. The standard InChI is InChI=1S/C13H25N3O2/c1-4-10(9-14)13(18)16-7-5-11(6-8-16)12(17)15(2)3/h10-11H,4-9,14H2,1-3H3. The van der Waals surface area contributed by atoms with Crippen molar-refractivity contribution in [2.24, 2.45) is 17.6 Å². The fourth-order valence-electron chi connectivity index (χ4n) is 2.41. The maximum Gasteiger partial charge on any atom is 0.226 e. The molecule has 0 bridgehead atoms. The Morgan fingerprint density at radius 2 is 1.89 bits per heavy atom. The van der Waals surface area contributed by atoms with E-state index in [1.807, 2.05) is 11.8 Å². The van der Waals surface area contributed by atoms with Crippen molar-refractivity contribution in [3.8, 4) is 0 Å². The molecule has 0 spiro atoms. The molecular weight excluding hydrogens is 230 g/mol. The average molecular weight is 255 g/mol. The Morgan fingerprint density at radius 1 is 1.33 bits per heavy atom. The lowest BCUT2D eigenvalue weighted by atomic mass is 9.94. The summed E-state index contributed by atoms with van der Waals surface area (Å²) in [6.45, 7) is 3.75. The Morgan fingerprint density at radius 3 is 2.28 bits per heavy atom. The highest BCUT2D eigenvalue weighted by Crippen LogP contribution is 2.20. The third-order valence-electron chi connectivity index (χ3n) is 3.72. The maximum absolute atomic E-state index is 12.1. The maximum atomic E-state index is 12.1. The highest BCUT2D eigenvalue weighted by molar-refractivity contribution is 5.81. The van der Waals surface area contributed by atoms with Gasteiger partial charge in [0.15, 0.2) is 0 Å². The molecule has 1 aliphatic rings. The molecule has 0 aromatic rings. The van der Waals surface area contributed by atoms with Crippen LogP contribution in [-0.2, 0) is 9.59 Å². The van der Waals surface area contributed by atoms with Crippen LogP contribution in [0.15, 0.2) is 0 Å². The van der Waals surface area contributed by atoms with E-state index in [0.29, 0.717) is 19.6 Å². The van der Waals surface area contributed by atoms with E-state index in [9.17, 15) is 9.59 Å². The van der Waals surface area contributed by atoms with Gasteiger partial charge >= 0.3 is 0 Å². The van der Waals surface area contributed by atoms with Crippen LogP contribution in [0.5, 0.6) is 0 Å². The Balaban J connectivity index is 2.49. The summed E-state index contributed by atoms with van der Waals surface area (Å²) in [5, 5.41) is 0. The topological polar surface area (TPSA) is 66.6 Å². The van der Waals surface area contributed by atoms with Gasteiger partial charge in [-0.3, -0.25) is 9.59 Å². The van der Waals surface area contributed by atoms with Crippen LogP contribution in [0, 0.1) is 11.8 Å². The van der Waals surface area contributed by atoms with Crippen molar-refractivity contribution in [1.29, 1.82) is 0 Å². The summed E-state index contributed by atoms with van der Waals surface area (Å²) >= 11 is 0. The van der Waals surface area contributed by atoms with Gasteiger partial charge in [0.2, 0.25) is 11.8 Å². The Hall–Kier alpha value is -1.10. The summed E-state index contributed by atoms with van der Waals surface area (Å²) in [6.07, 6.45) is 2.32. The van der Waals surface area contributed by atoms with Gasteiger partial charge < -0.3 is 15.5 Å². The zero-order valence-electron chi connectivity index (χ0n) is 11.7. The number of hydrogen-bond donors (Lipinski definition) is 1. The minimum Gasteiger partial charge on any atom is -0.349 e. The first-order valence-corrected chi connectivity index (χ1v) is 6.71. The quantitative estimate of drug-likeness (QED) is 0.785. The van der Waals surface area contributed by atoms with Crippen molar-refractivity contribution in [2.75, 3.05) is 33.7 Å². The SMILES string of the molecule is CCC(CN)C(=O)N1CCC(C(=O)N(C)C)CC1. The number of amides is 2. The van der Waals surface area contributed by atoms with E-state index in [2.05, 4.69) is 0 Å². The zero-order chi connectivity index (χ0) is 13.7. The molecule has 2 N–H and O–H groups in total. The van der Waals surface area contributed by atoms with E-state index in [0.717, 1.165) is 19.3 Å². The van der Waals surface area contributed by atoms with Gasteiger partial charge in [-0.25, -0.2) is 0 Å². The number of hydrogen-bond acceptors (Lipinski definition) is 3. The van der Waals surface area contributed by atoms with E-state index in [1.54, 1.807) is 19.0 Å². The van der Waals surface area contributed by atoms with Crippen molar-refractivity contribution in [1.82, 2.24) is 9.80 Å². The number of rotatable bonds is 4. The molecule has 1 heterocycles. The molecule has 1 unspecified atom stereocenters. The molecule has 0 aromatic carbocycles. The van der Waals surface area contributed by atoms with Crippen LogP contribution >= 0.6 is 0 Å². The fourth-order valence-corrected chi connectivity index (χ4v) is 2.41. The zero-order valence-corrected chi connectivity index (χ0v) is 11.7. The van der Waals surface area contributed by atoms with Crippen molar-refractivity contribution in [2.45, 2.75) is 26.2 Å². The summed E-state index contributed by atoms with van der Waals surface area (Å²) in [5.74, 6) is 0.330. The minimum absolute atomic E-state index is 0.0638. The van der Waals surface area contributed by atoms with E-state index < -0.39 is 0 Å². The van der Waals surface area contributed by atoms with Gasteiger partial charge in [-0.15, -0.1) is 0 Å². The summed E-state index contributed by atoms with van der Waals surface area (Å²) < 4.78 is 0. The third-order valence-corrected chi connectivity index (χ3v) is 3.72. The average Bonchev–Trinajstić information content (AvgIpc) is 2.39. The summed E-state index contributed by atoms with van der Waals surface area (Å²) in [4.78, 5) is 27.4. The molecule has 0 aromatic heterocycles. The Bertz CT molecular complexity index is 293. The molecule has 104 valence electrons. The number of piperidine rings is 1. The molecule has 2 amide bonds. The highest BCUT2D eigenvalue weighted by Gasteiger charge is 2.30. The number of carbonyl (C=O) groups excluding carboxylic acids is 2. The lowest BCUT2D eigenvalue weighted by molar-refractivity contribution is -0.141. The second-order valence-corrected chi connectivity index (χ2v) is 5.17. The second-order valence-electron chi connectivity index (χ2n) is 5.17. The van der Waals surface area contributed by atoms with Crippen molar-refractivity contribution < 1.29 is 9.59 Å². The lowest BCUT2D eigenvalue weighted by Crippen LogP contribution is -2.46. The van der Waals surface area contributed by atoms with Crippen LogP contribution in [-0.4, -0.2) is 55.3 Å². The molecule has 1 aliphatic heterocycles. The lowest BCUT2D eigenvalue weighted by Gasteiger charge is -2.34. The molecular formula is C13H25N3O2. The van der Waals surface area contributed by atoms with Gasteiger partial charge in [-0.05, 0) is 19.3 Å². The van der Waals surface area contributed by atoms with Crippen LogP contribution in [0.4, 0.5) is 0 Å². The third kappa shape index (κ3) is 3.45. The van der Waals surface area contributed by atoms with E-state index >= 15 is 0 Å². The molecule has 1 atom stereocenters. The summed E-state index contributed by atoms with van der Waals surface area (Å²) in [5.41, 5.74) is 5.60. The van der Waals surface area contributed by atoms with Gasteiger partial charge in [0.05, 0.1) is 5.92 Å². The largest absolute Gasteiger partial charge is 0.349 e. The molecule has 0 saturated carbocycles. The van der Waals surface area contributed by atoms with Gasteiger partial charge in [0, 0.05) is 39.6 Å². The van der Waals surface area contributed by atoms with Crippen molar-refractivity contribution >= 4 is 11.8 Å². The number of carbonyl (C=O) groups is 2. The van der Waals surface area contributed by atoms with Crippen LogP contribution in [0.1, 0.15) is 26.2 Å². The minimum atomic E-state index is -0.0638. The predicted octanol–water partition coefficient (Wildman–Crippen LogP) is 0.298. The van der Waals surface area contributed by atoms with Gasteiger partial charge in [0.1, 0.15) is 0 Å². The Labute approximate surface area is 109 Å². The smallest absolute Gasteiger partial charge is 0.226 e. The van der Waals surface area contributed by atoms with Crippen molar-refractivity contribution in [3.05, 3.63) is 0 Å². The van der Waals surface area contributed by atoms with Crippen molar-refractivity contribution in [3.63, 3.8) is 0 Å². The number of nitrogens with zero attached hydrogens (tertiary/aromatic N) is 2. The first-order valence-electron chi connectivity index (χ1n) is 6.71.